The molecule has 2 aliphatic rings. The summed E-state index contributed by atoms with van der Waals surface area (Å²) in [5, 5.41) is 5.57. The summed E-state index contributed by atoms with van der Waals surface area (Å²) in [4.78, 5) is 37.4. The zero-order chi connectivity index (χ0) is 18.1. The Morgan fingerprint density at radius 3 is 2.65 bits per heavy atom. The lowest BCUT2D eigenvalue weighted by Crippen LogP contribution is -2.42. The van der Waals surface area contributed by atoms with Gasteiger partial charge in [0, 0.05) is 35.8 Å². The number of morpholine rings is 1. The van der Waals surface area contributed by atoms with Gasteiger partial charge in [-0.05, 0) is 12.1 Å². The molecule has 0 aliphatic carbocycles. The number of amides is 4. The Labute approximate surface area is 149 Å². The summed E-state index contributed by atoms with van der Waals surface area (Å²) in [5.41, 5.74) is 1.85. The molecule has 4 amide bonds. The molecule has 1 aromatic carbocycles. The smallest absolute Gasteiger partial charge is 0.326 e. The van der Waals surface area contributed by atoms with E-state index in [1.54, 1.807) is 11.0 Å². The first-order valence-corrected chi connectivity index (χ1v) is 8.39. The molecular formula is C18H18N4O4. The summed E-state index contributed by atoms with van der Waals surface area (Å²) in [7, 11) is 0. The number of hydrogen-bond donors (Lipinski definition) is 2. The lowest BCUT2D eigenvalue weighted by Gasteiger charge is -2.27. The molecule has 2 aromatic rings. The lowest BCUT2D eigenvalue weighted by atomic mass is 10.1. The molecule has 2 saturated heterocycles. The Kier molecular flexibility index (Phi) is 4.18. The Balaban J connectivity index is 1.66. The van der Waals surface area contributed by atoms with Crippen molar-refractivity contribution in [3.63, 3.8) is 0 Å². The molecule has 8 nitrogen and oxygen atoms in total. The van der Waals surface area contributed by atoms with Gasteiger partial charge < -0.3 is 19.5 Å². The van der Waals surface area contributed by atoms with Crippen molar-refractivity contribution in [2.45, 2.75) is 6.54 Å². The van der Waals surface area contributed by atoms with E-state index in [0.29, 0.717) is 26.3 Å². The van der Waals surface area contributed by atoms with Gasteiger partial charge in [-0.3, -0.25) is 14.9 Å². The molecule has 2 N–H and O–H groups in total. The van der Waals surface area contributed by atoms with Gasteiger partial charge in [0.25, 0.3) is 5.91 Å². The highest BCUT2D eigenvalue weighted by molar-refractivity contribution is 6.14. The number of nitrogens with one attached hydrogen (secondary N) is 2. The summed E-state index contributed by atoms with van der Waals surface area (Å²) in [6.07, 6.45) is 3.45. The molecule has 0 saturated carbocycles. The number of ether oxygens (including phenoxy) is 1. The highest BCUT2D eigenvalue weighted by Crippen LogP contribution is 2.24. The van der Waals surface area contributed by atoms with Crippen LogP contribution in [0.5, 0.6) is 0 Å². The van der Waals surface area contributed by atoms with E-state index in [0.717, 1.165) is 16.5 Å². The van der Waals surface area contributed by atoms with Crippen molar-refractivity contribution >= 4 is 34.8 Å². The van der Waals surface area contributed by atoms with Crippen molar-refractivity contribution in [3.05, 3.63) is 41.7 Å². The zero-order valence-electron chi connectivity index (χ0n) is 14.0. The maximum atomic E-state index is 12.6. The van der Waals surface area contributed by atoms with E-state index < -0.39 is 11.9 Å². The standard InChI is InChI=1S/C18H18N4O4/c23-16(21-5-7-26-8-6-21)11-22-10-12(13-3-1-2-4-15(13)22)9-14-17(24)20-18(25)19-14/h1-4,9-10H,5-8,11H2,(H2,19,20,24,25)/b14-9+. The van der Waals surface area contributed by atoms with Gasteiger partial charge in [-0.2, -0.15) is 0 Å². The van der Waals surface area contributed by atoms with Crippen molar-refractivity contribution in [1.29, 1.82) is 0 Å². The Morgan fingerprint density at radius 1 is 1.15 bits per heavy atom. The first-order valence-electron chi connectivity index (χ1n) is 8.39. The van der Waals surface area contributed by atoms with Gasteiger partial charge in [0.1, 0.15) is 12.2 Å². The minimum Gasteiger partial charge on any atom is -0.378 e. The second kappa shape index (κ2) is 6.64. The summed E-state index contributed by atoms with van der Waals surface area (Å²) in [5.74, 6) is -0.434. The third-order valence-electron chi connectivity index (χ3n) is 4.51. The van der Waals surface area contributed by atoms with E-state index in [4.69, 9.17) is 4.74 Å². The Hall–Kier alpha value is -3.13. The fraction of sp³-hybridized carbons (Fsp3) is 0.278. The Morgan fingerprint density at radius 2 is 1.92 bits per heavy atom. The third-order valence-corrected chi connectivity index (χ3v) is 4.51. The molecule has 2 fully saturated rings. The topological polar surface area (TPSA) is 92.7 Å². The van der Waals surface area contributed by atoms with E-state index in [9.17, 15) is 14.4 Å². The molecule has 4 rings (SSSR count). The highest BCUT2D eigenvalue weighted by Gasteiger charge is 2.24. The monoisotopic (exact) mass is 354 g/mol. The summed E-state index contributed by atoms with van der Waals surface area (Å²) in [6.45, 7) is 2.53. The first-order chi connectivity index (χ1) is 12.6. The quantitative estimate of drug-likeness (QED) is 0.626. The fourth-order valence-corrected chi connectivity index (χ4v) is 3.22. The second-order valence-corrected chi connectivity index (χ2v) is 6.19. The van der Waals surface area contributed by atoms with Crippen LogP contribution in [-0.2, 0) is 20.9 Å². The number of carbonyl (C=O) groups excluding carboxylic acids is 3. The van der Waals surface area contributed by atoms with Crippen LogP contribution in [0.25, 0.3) is 17.0 Å². The number of aromatic nitrogens is 1. The van der Waals surface area contributed by atoms with E-state index in [1.807, 2.05) is 35.0 Å². The highest BCUT2D eigenvalue weighted by atomic mass is 16.5. The van der Waals surface area contributed by atoms with Gasteiger partial charge >= 0.3 is 6.03 Å². The molecule has 26 heavy (non-hydrogen) atoms. The van der Waals surface area contributed by atoms with E-state index in [1.165, 1.54) is 0 Å². The number of nitrogens with zero attached hydrogens (tertiary/aromatic N) is 2. The molecule has 134 valence electrons. The van der Waals surface area contributed by atoms with Gasteiger partial charge in [0.15, 0.2) is 0 Å². The molecule has 1 aromatic heterocycles. The van der Waals surface area contributed by atoms with Crippen molar-refractivity contribution in [2.75, 3.05) is 26.3 Å². The van der Waals surface area contributed by atoms with Gasteiger partial charge in [0.2, 0.25) is 5.91 Å². The van der Waals surface area contributed by atoms with Crippen molar-refractivity contribution < 1.29 is 19.1 Å². The molecule has 0 bridgehead atoms. The number of fused-ring (bicyclic) bond motifs is 1. The molecule has 0 spiro atoms. The van der Waals surface area contributed by atoms with E-state index in [-0.39, 0.29) is 18.1 Å². The van der Waals surface area contributed by atoms with Crippen molar-refractivity contribution in [3.8, 4) is 0 Å². The van der Waals surface area contributed by atoms with Crippen LogP contribution in [0.3, 0.4) is 0 Å². The minimum absolute atomic E-state index is 0.0279. The maximum absolute atomic E-state index is 12.6. The van der Waals surface area contributed by atoms with Crippen LogP contribution in [0.4, 0.5) is 4.79 Å². The van der Waals surface area contributed by atoms with Crippen LogP contribution in [0, 0.1) is 0 Å². The van der Waals surface area contributed by atoms with Crippen LogP contribution in [0.1, 0.15) is 5.56 Å². The summed E-state index contributed by atoms with van der Waals surface area (Å²) < 4.78 is 7.16. The molecule has 0 radical (unpaired) electrons. The zero-order valence-corrected chi connectivity index (χ0v) is 14.0. The number of urea groups is 1. The van der Waals surface area contributed by atoms with Crippen LogP contribution in [0.15, 0.2) is 36.2 Å². The number of rotatable bonds is 3. The summed E-state index contributed by atoms with van der Waals surface area (Å²) >= 11 is 0. The SMILES string of the molecule is O=C1NC(=O)/C(=C\c2cn(CC(=O)N3CCOCC3)c3ccccc23)N1. The maximum Gasteiger partial charge on any atom is 0.326 e. The largest absolute Gasteiger partial charge is 0.378 e. The number of imide groups is 1. The number of benzene rings is 1. The van der Waals surface area contributed by atoms with Crippen LogP contribution >= 0.6 is 0 Å². The van der Waals surface area contributed by atoms with Crippen molar-refractivity contribution in [2.24, 2.45) is 0 Å². The van der Waals surface area contributed by atoms with Crippen LogP contribution < -0.4 is 10.6 Å². The van der Waals surface area contributed by atoms with Gasteiger partial charge in [0.05, 0.1) is 13.2 Å². The van der Waals surface area contributed by atoms with Gasteiger partial charge in [-0.15, -0.1) is 0 Å². The number of hydrogen-bond acceptors (Lipinski definition) is 4. The lowest BCUT2D eigenvalue weighted by molar-refractivity contribution is -0.135. The van der Waals surface area contributed by atoms with Gasteiger partial charge in [-0.1, -0.05) is 18.2 Å². The molecule has 0 atom stereocenters. The summed E-state index contributed by atoms with van der Waals surface area (Å²) in [6, 6.07) is 7.11. The second-order valence-electron chi connectivity index (χ2n) is 6.19. The Bertz CT molecular complexity index is 924. The predicted molar refractivity (Wildman–Crippen MR) is 94.0 cm³/mol. The minimum atomic E-state index is -0.535. The first kappa shape index (κ1) is 16.3. The van der Waals surface area contributed by atoms with Crippen molar-refractivity contribution in [1.82, 2.24) is 20.1 Å². The number of carbonyl (C=O) groups is 3. The van der Waals surface area contributed by atoms with E-state index in [2.05, 4.69) is 10.6 Å². The number of para-hydroxylation sites is 1. The fourth-order valence-electron chi connectivity index (χ4n) is 3.22. The van der Waals surface area contributed by atoms with E-state index >= 15 is 0 Å². The molecule has 8 heteroatoms. The third kappa shape index (κ3) is 3.06. The predicted octanol–water partition coefficient (Wildman–Crippen LogP) is 0.680. The average molecular weight is 354 g/mol. The molecular weight excluding hydrogens is 336 g/mol. The molecule has 0 unspecified atom stereocenters. The molecule has 2 aliphatic heterocycles. The van der Waals surface area contributed by atoms with Crippen LogP contribution in [0.2, 0.25) is 0 Å². The van der Waals surface area contributed by atoms with Gasteiger partial charge in [-0.25, -0.2) is 4.79 Å². The van der Waals surface area contributed by atoms with Crippen LogP contribution in [-0.4, -0.2) is 53.6 Å². The molecule has 3 heterocycles. The average Bonchev–Trinajstić information content (AvgIpc) is 3.16. The normalized spacial score (nSPS) is 19.1.